The standard InChI is InChI=1S/C21H13F4N7/c1-10-26-9-13-18(27-10)28-17(11-5-2-3-7-14(11)21(23,24)25)29-19(13)30-20-12-6-4-8-15(22)16(12)31-32-20/h2-9H,1H3,(H2,26,27,28,29,30,31,32). The Morgan fingerprint density at radius 2 is 1.72 bits per heavy atom. The number of hydrogen-bond donors (Lipinski definition) is 2. The van der Waals surface area contributed by atoms with Crippen molar-refractivity contribution in [2.24, 2.45) is 0 Å². The molecule has 11 heteroatoms. The molecule has 0 amide bonds. The third-order valence-electron chi connectivity index (χ3n) is 4.83. The van der Waals surface area contributed by atoms with Gasteiger partial charge in [0.2, 0.25) is 0 Å². The summed E-state index contributed by atoms with van der Waals surface area (Å²) in [6, 6.07) is 9.48. The molecule has 7 nitrogen and oxygen atoms in total. The quantitative estimate of drug-likeness (QED) is 0.377. The van der Waals surface area contributed by atoms with E-state index in [0.29, 0.717) is 16.6 Å². The molecule has 0 aliphatic carbocycles. The van der Waals surface area contributed by atoms with Crippen LogP contribution in [0.4, 0.5) is 29.2 Å². The molecule has 3 heterocycles. The molecule has 0 aliphatic heterocycles. The van der Waals surface area contributed by atoms with Gasteiger partial charge < -0.3 is 5.32 Å². The smallest absolute Gasteiger partial charge is 0.322 e. The highest BCUT2D eigenvalue weighted by Gasteiger charge is 2.34. The van der Waals surface area contributed by atoms with E-state index < -0.39 is 17.6 Å². The lowest BCUT2D eigenvalue weighted by Crippen LogP contribution is -2.09. The summed E-state index contributed by atoms with van der Waals surface area (Å²) in [6.07, 6.45) is -3.13. The molecule has 0 spiro atoms. The van der Waals surface area contributed by atoms with Gasteiger partial charge in [-0.05, 0) is 25.1 Å². The molecule has 0 bridgehead atoms. The topological polar surface area (TPSA) is 92.3 Å². The number of hydrogen-bond acceptors (Lipinski definition) is 6. The van der Waals surface area contributed by atoms with Gasteiger partial charge in [0.05, 0.1) is 10.9 Å². The largest absolute Gasteiger partial charge is 0.417 e. The Hall–Kier alpha value is -4.15. The molecular weight excluding hydrogens is 426 g/mol. The van der Waals surface area contributed by atoms with Gasteiger partial charge in [-0.15, -0.1) is 0 Å². The molecule has 5 rings (SSSR count). The average Bonchev–Trinajstić information content (AvgIpc) is 3.17. The van der Waals surface area contributed by atoms with E-state index in [9.17, 15) is 17.6 Å². The maximum atomic E-state index is 14.0. The first-order valence-corrected chi connectivity index (χ1v) is 9.39. The predicted molar refractivity (Wildman–Crippen MR) is 110 cm³/mol. The van der Waals surface area contributed by atoms with Crippen molar-refractivity contribution in [2.45, 2.75) is 13.1 Å². The van der Waals surface area contributed by atoms with Crippen LogP contribution in [0.2, 0.25) is 0 Å². The number of para-hydroxylation sites is 1. The number of H-pyrrole nitrogens is 1. The van der Waals surface area contributed by atoms with Crippen molar-refractivity contribution in [1.82, 2.24) is 30.1 Å². The molecule has 0 unspecified atom stereocenters. The molecule has 3 aromatic heterocycles. The molecule has 0 radical (unpaired) electrons. The summed E-state index contributed by atoms with van der Waals surface area (Å²) in [4.78, 5) is 17.0. The van der Waals surface area contributed by atoms with E-state index in [4.69, 9.17) is 0 Å². The third kappa shape index (κ3) is 3.37. The van der Waals surface area contributed by atoms with Gasteiger partial charge in [0, 0.05) is 17.1 Å². The van der Waals surface area contributed by atoms with Crippen LogP contribution < -0.4 is 5.32 Å². The van der Waals surface area contributed by atoms with E-state index in [1.165, 1.54) is 36.5 Å². The molecule has 0 fully saturated rings. The number of aromatic amines is 1. The lowest BCUT2D eigenvalue weighted by molar-refractivity contribution is -0.137. The fourth-order valence-electron chi connectivity index (χ4n) is 3.36. The molecule has 2 aromatic carbocycles. The molecule has 5 aromatic rings. The predicted octanol–water partition coefficient (Wildman–Crippen LogP) is 5.17. The first-order chi connectivity index (χ1) is 15.3. The average molecular weight is 439 g/mol. The molecule has 2 N–H and O–H groups in total. The number of alkyl halides is 3. The fourth-order valence-corrected chi connectivity index (χ4v) is 3.36. The lowest BCUT2D eigenvalue weighted by atomic mass is 10.1. The SMILES string of the molecule is Cc1ncc2c(Nc3n[nH]c4c(F)cccc34)nc(-c3ccccc3C(F)(F)F)nc2n1. The number of fused-ring (bicyclic) bond motifs is 2. The minimum absolute atomic E-state index is 0.139. The second kappa shape index (κ2) is 7.22. The van der Waals surface area contributed by atoms with Crippen molar-refractivity contribution in [3.8, 4) is 11.4 Å². The van der Waals surface area contributed by atoms with E-state index >= 15 is 0 Å². The molecule has 32 heavy (non-hydrogen) atoms. The van der Waals surface area contributed by atoms with Gasteiger partial charge in [-0.3, -0.25) is 5.10 Å². The number of nitrogens with one attached hydrogen (secondary N) is 2. The third-order valence-corrected chi connectivity index (χ3v) is 4.83. The number of nitrogens with zero attached hydrogens (tertiary/aromatic N) is 5. The normalized spacial score (nSPS) is 11.9. The maximum Gasteiger partial charge on any atom is 0.417 e. The van der Waals surface area contributed by atoms with Crippen LogP contribution in [0.5, 0.6) is 0 Å². The van der Waals surface area contributed by atoms with Crippen molar-refractivity contribution in [3.63, 3.8) is 0 Å². The van der Waals surface area contributed by atoms with Gasteiger partial charge in [-0.25, -0.2) is 24.3 Å². The zero-order valence-corrected chi connectivity index (χ0v) is 16.4. The molecule has 0 atom stereocenters. The first-order valence-electron chi connectivity index (χ1n) is 9.39. The number of halogens is 4. The summed E-state index contributed by atoms with van der Waals surface area (Å²) in [5, 5.41) is 10.5. The van der Waals surface area contributed by atoms with Crippen LogP contribution in [0.15, 0.2) is 48.7 Å². The number of rotatable bonds is 3. The van der Waals surface area contributed by atoms with E-state index in [2.05, 4.69) is 35.5 Å². The summed E-state index contributed by atoms with van der Waals surface area (Å²) >= 11 is 0. The summed E-state index contributed by atoms with van der Waals surface area (Å²) in [5.41, 5.74) is -0.724. The minimum Gasteiger partial charge on any atom is -0.322 e. The van der Waals surface area contributed by atoms with Gasteiger partial charge in [-0.2, -0.15) is 18.3 Å². The highest BCUT2D eigenvalue weighted by atomic mass is 19.4. The van der Waals surface area contributed by atoms with Crippen molar-refractivity contribution in [3.05, 3.63) is 65.9 Å². The Labute approximate surface area is 177 Å². The zero-order valence-electron chi connectivity index (χ0n) is 16.4. The van der Waals surface area contributed by atoms with Crippen molar-refractivity contribution in [1.29, 1.82) is 0 Å². The highest BCUT2D eigenvalue weighted by Crippen LogP contribution is 2.37. The Bertz CT molecular complexity index is 1480. The summed E-state index contributed by atoms with van der Waals surface area (Å²) < 4.78 is 54.8. The number of benzene rings is 2. The van der Waals surface area contributed by atoms with Crippen LogP contribution in [-0.4, -0.2) is 30.1 Å². The number of aromatic nitrogens is 6. The van der Waals surface area contributed by atoms with Crippen molar-refractivity contribution >= 4 is 33.6 Å². The Kier molecular flexibility index (Phi) is 4.47. The zero-order chi connectivity index (χ0) is 22.5. The Morgan fingerprint density at radius 1 is 0.906 bits per heavy atom. The van der Waals surface area contributed by atoms with Crippen LogP contribution in [0, 0.1) is 12.7 Å². The first kappa shape index (κ1) is 19.8. The monoisotopic (exact) mass is 439 g/mol. The van der Waals surface area contributed by atoms with Crippen LogP contribution in [0.1, 0.15) is 11.4 Å². The van der Waals surface area contributed by atoms with Crippen molar-refractivity contribution in [2.75, 3.05) is 5.32 Å². The molecule has 0 saturated heterocycles. The highest BCUT2D eigenvalue weighted by molar-refractivity contribution is 5.95. The van der Waals surface area contributed by atoms with Crippen LogP contribution in [0.25, 0.3) is 33.3 Å². The molecular formula is C21H13F4N7. The summed E-state index contributed by atoms with van der Waals surface area (Å²) in [7, 11) is 0. The lowest BCUT2D eigenvalue weighted by Gasteiger charge is -2.14. The molecule has 0 aliphatic rings. The summed E-state index contributed by atoms with van der Waals surface area (Å²) in [5.74, 6) is 0.116. The van der Waals surface area contributed by atoms with E-state index in [0.717, 1.165) is 6.07 Å². The van der Waals surface area contributed by atoms with Crippen LogP contribution in [-0.2, 0) is 6.18 Å². The van der Waals surface area contributed by atoms with Crippen LogP contribution in [0.3, 0.4) is 0 Å². The Balaban J connectivity index is 1.72. The van der Waals surface area contributed by atoms with Gasteiger partial charge in [-0.1, -0.05) is 24.3 Å². The van der Waals surface area contributed by atoms with Gasteiger partial charge in [0.25, 0.3) is 0 Å². The van der Waals surface area contributed by atoms with E-state index in [1.807, 2.05) is 0 Å². The minimum atomic E-state index is -4.60. The number of aryl methyl sites for hydroxylation is 1. The molecule has 160 valence electrons. The van der Waals surface area contributed by atoms with E-state index in [-0.39, 0.29) is 34.2 Å². The van der Waals surface area contributed by atoms with Gasteiger partial charge in [0.1, 0.15) is 23.0 Å². The van der Waals surface area contributed by atoms with Gasteiger partial charge in [0.15, 0.2) is 17.3 Å². The van der Waals surface area contributed by atoms with Gasteiger partial charge >= 0.3 is 6.18 Å². The fraction of sp³-hybridized carbons (Fsp3) is 0.0952. The second-order valence-electron chi connectivity index (χ2n) is 6.95. The van der Waals surface area contributed by atoms with Crippen molar-refractivity contribution < 1.29 is 17.6 Å². The second-order valence-corrected chi connectivity index (χ2v) is 6.95. The maximum absolute atomic E-state index is 14.0. The van der Waals surface area contributed by atoms with E-state index in [1.54, 1.807) is 13.0 Å². The number of anilines is 2. The van der Waals surface area contributed by atoms with Crippen LogP contribution >= 0.6 is 0 Å². The Morgan fingerprint density at radius 3 is 2.53 bits per heavy atom. The molecule has 0 saturated carbocycles. The summed E-state index contributed by atoms with van der Waals surface area (Å²) in [6.45, 7) is 1.64.